The number of hydrogen-bond donors (Lipinski definition) is 2. The monoisotopic (exact) mass is 416 g/mol. The van der Waals surface area contributed by atoms with Gasteiger partial charge >= 0.3 is 5.69 Å². The normalized spacial score (nSPS) is 12.4. The fourth-order valence-electron chi connectivity index (χ4n) is 3.33. The molecule has 0 bridgehead atoms. The number of nitrogens with one attached hydrogen (secondary N) is 2. The van der Waals surface area contributed by atoms with Gasteiger partial charge in [0.2, 0.25) is 11.6 Å². The smallest absolute Gasteiger partial charge is 0.353 e. The molecular weight excluding hydrogens is 400 g/mol. The highest BCUT2D eigenvalue weighted by atomic mass is 16.6. The quantitative estimate of drug-likeness (QED) is 0.364. The summed E-state index contributed by atoms with van der Waals surface area (Å²) in [6.45, 7) is 0.923. The summed E-state index contributed by atoms with van der Waals surface area (Å²) in [5, 5.41) is 18.8. The Morgan fingerprint density at radius 1 is 0.903 bits per heavy atom. The van der Waals surface area contributed by atoms with Crippen molar-refractivity contribution in [2.45, 2.75) is 0 Å². The van der Waals surface area contributed by atoms with Gasteiger partial charge in [0.15, 0.2) is 11.5 Å². The molecule has 0 amide bonds. The van der Waals surface area contributed by atoms with Crippen LogP contribution in [0, 0.1) is 10.1 Å². The van der Waals surface area contributed by atoms with Crippen LogP contribution in [0.25, 0.3) is 10.9 Å². The van der Waals surface area contributed by atoms with Crippen LogP contribution in [0.3, 0.4) is 0 Å². The molecule has 2 N–H and O–H groups in total. The summed E-state index contributed by atoms with van der Waals surface area (Å²) in [5.74, 6) is 1.29. The average Bonchev–Trinajstić information content (AvgIpc) is 2.79. The molecule has 0 saturated heterocycles. The van der Waals surface area contributed by atoms with Gasteiger partial charge in [0, 0.05) is 23.3 Å². The number of rotatable bonds is 5. The van der Waals surface area contributed by atoms with Gasteiger partial charge in [-0.3, -0.25) is 15.1 Å². The molecular formula is C21H16N6O4. The highest BCUT2D eigenvalue weighted by molar-refractivity contribution is 5.93. The Morgan fingerprint density at radius 2 is 1.68 bits per heavy atom. The number of nitrogens with zero attached hydrogens (tertiary/aromatic N) is 4. The van der Waals surface area contributed by atoms with E-state index in [1.807, 2.05) is 24.3 Å². The summed E-state index contributed by atoms with van der Waals surface area (Å²) in [5.41, 5.74) is 1.57. The molecule has 10 nitrogen and oxygen atoms in total. The lowest BCUT2D eigenvalue weighted by Crippen LogP contribution is -2.15. The molecule has 1 aliphatic heterocycles. The highest BCUT2D eigenvalue weighted by Gasteiger charge is 2.24. The molecule has 154 valence electrons. The fraction of sp³-hybridized carbons (Fsp3) is 0.0952. The predicted octanol–water partition coefficient (Wildman–Crippen LogP) is 4.19. The summed E-state index contributed by atoms with van der Waals surface area (Å²) >= 11 is 0. The van der Waals surface area contributed by atoms with Gasteiger partial charge in [-0.25, -0.2) is 9.97 Å². The fourth-order valence-corrected chi connectivity index (χ4v) is 3.33. The first-order valence-electron chi connectivity index (χ1n) is 9.46. The Hall–Kier alpha value is -4.47. The highest BCUT2D eigenvalue weighted by Crippen LogP contribution is 2.37. The molecule has 3 heterocycles. The second-order valence-electron chi connectivity index (χ2n) is 6.67. The number of nitro groups is 1. The van der Waals surface area contributed by atoms with Crippen molar-refractivity contribution in [2.75, 3.05) is 23.8 Å². The molecule has 2 aromatic heterocycles. The van der Waals surface area contributed by atoms with Gasteiger partial charge in [-0.1, -0.05) is 18.2 Å². The third-order valence-electron chi connectivity index (χ3n) is 4.70. The number of hydrogen-bond acceptors (Lipinski definition) is 9. The molecule has 0 spiro atoms. The van der Waals surface area contributed by atoms with Gasteiger partial charge < -0.3 is 20.1 Å². The molecule has 31 heavy (non-hydrogen) atoms. The van der Waals surface area contributed by atoms with Crippen LogP contribution < -0.4 is 20.1 Å². The van der Waals surface area contributed by atoms with E-state index in [9.17, 15) is 10.1 Å². The molecule has 1 aliphatic rings. The van der Waals surface area contributed by atoms with Crippen LogP contribution in [0.4, 0.5) is 28.7 Å². The summed E-state index contributed by atoms with van der Waals surface area (Å²) < 4.78 is 11.1. The lowest BCUT2D eigenvalue weighted by Gasteiger charge is -2.19. The van der Waals surface area contributed by atoms with Crippen molar-refractivity contribution in [1.82, 2.24) is 15.0 Å². The maximum atomic E-state index is 11.9. The first-order chi connectivity index (χ1) is 15.2. The molecule has 5 rings (SSSR count). The third kappa shape index (κ3) is 3.62. The maximum Gasteiger partial charge on any atom is 0.353 e. The first-order valence-corrected chi connectivity index (χ1v) is 9.46. The van der Waals surface area contributed by atoms with Gasteiger partial charge in [0.05, 0.1) is 16.1 Å². The van der Waals surface area contributed by atoms with Gasteiger partial charge in [0.25, 0.3) is 0 Å². The number of ether oxygens (including phenoxy) is 2. The number of fused-ring (bicyclic) bond motifs is 2. The van der Waals surface area contributed by atoms with E-state index in [4.69, 9.17) is 9.47 Å². The summed E-state index contributed by atoms with van der Waals surface area (Å²) in [6, 6.07) is 14.5. The SMILES string of the molecule is O=[N+]([O-])c1c(Nc2ccc3c(c2)OCCO3)ncnc1Nc1cccc2cccnc12. The van der Waals surface area contributed by atoms with E-state index in [0.717, 1.165) is 5.39 Å². The van der Waals surface area contributed by atoms with Crippen molar-refractivity contribution < 1.29 is 14.4 Å². The zero-order valence-corrected chi connectivity index (χ0v) is 16.1. The number of para-hydroxylation sites is 1. The van der Waals surface area contributed by atoms with E-state index in [1.165, 1.54) is 6.33 Å². The standard InChI is InChI=1S/C21H16N6O4/c28-27(29)19-20(25-14-6-7-16-17(11-14)31-10-9-30-16)23-12-24-21(19)26-15-5-1-3-13-4-2-8-22-18(13)15/h1-8,11-12H,9-10H2,(H2,23,24,25,26). The predicted molar refractivity (Wildman–Crippen MR) is 114 cm³/mol. The Balaban J connectivity index is 1.51. The van der Waals surface area contributed by atoms with Crippen LogP contribution in [-0.2, 0) is 0 Å². The van der Waals surface area contributed by atoms with Crippen LogP contribution in [0.2, 0.25) is 0 Å². The Labute approximate surface area is 176 Å². The van der Waals surface area contributed by atoms with Crippen LogP contribution in [0.15, 0.2) is 61.1 Å². The van der Waals surface area contributed by atoms with E-state index >= 15 is 0 Å². The topological polar surface area (TPSA) is 124 Å². The van der Waals surface area contributed by atoms with Gasteiger partial charge in [-0.15, -0.1) is 0 Å². The number of anilines is 4. The Bertz CT molecular complexity index is 1290. The van der Waals surface area contributed by atoms with E-state index in [1.54, 1.807) is 30.5 Å². The number of aromatic nitrogens is 3. The van der Waals surface area contributed by atoms with Gasteiger partial charge in [-0.2, -0.15) is 0 Å². The zero-order valence-electron chi connectivity index (χ0n) is 16.1. The van der Waals surface area contributed by atoms with Crippen molar-refractivity contribution in [2.24, 2.45) is 0 Å². The average molecular weight is 416 g/mol. The molecule has 4 aromatic rings. The Morgan fingerprint density at radius 3 is 2.52 bits per heavy atom. The van der Waals surface area contributed by atoms with E-state index in [2.05, 4.69) is 25.6 Å². The molecule has 2 aromatic carbocycles. The van der Waals surface area contributed by atoms with Crippen LogP contribution in [0.5, 0.6) is 11.5 Å². The van der Waals surface area contributed by atoms with Crippen molar-refractivity contribution in [3.8, 4) is 11.5 Å². The maximum absolute atomic E-state index is 11.9. The third-order valence-corrected chi connectivity index (χ3v) is 4.70. The minimum atomic E-state index is -0.527. The largest absolute Gasteiger partial charge is 0.486 e. The number of benzene rings is 2. The van der Waals surface area contributed by atoms with E-state index in [-0.39, 0.29) is 17.3 Å². The first kappa shape index (κ1) is 18.6. The molecule has 0 atom stereocenters. The molecule has 0 radical (unpaired) electrons. The Kier molecular flexibility index (Phi) is 4.64. The molecule has 10 heteroatoms. The summed E-state index contributed by atoms with van der Waals surface area (Å²) in [7, 11) is 0. The minimum absolute atomic E-state index is 0.0485. The summed E-state index contributed by atoms with van der Waals surface area (Å²) in [4.78, 5) is 23.9. The minimum Gasteiger partial charge on any atom is -0.486 e. The van der Waals surface area contributed by atoms with Gasteiger partial charge in [0.1, 0.15) is 19.5 Å². The second kappa shape index (κ2) is 7.75. The molecule has 0 fully saturated rings. The van der Waals surface area contributed by atoms with Crippen LogP contribution in [0.1, 0.15) is 0 Å². The van der Waals surface area contributed by atoms with Crippen molar-refractivity contribution in [1.29, 1.82) is 0 Å². The van der Waals surface area contributed by atoms with Crippen LogP contribution in [-0.4, -0.2) is 33.1 Å². The van der Waals surface area contributed by atoms with Crippen molar-refractivity contribution in [3.05, 3.63) is 71.2 Å². The van der Waals surface area contributed by atoms with Gasteiger partial charge in [-0.05, 0) is 24.3 Å². The van der Waals surface area contributed by atoms with E-state index < -0.39 is 4.92 Å². The molecule has 0 aliphatic carbocycles. The second-order valence-corrected chi connectivity index (χ2v) is 6.67. The lowest BCUT2D eigenvalue weighted by molar-refractivity contribution is -0.383. The molecule has 0 unspecified atom stereocenters. The number of pyridine rings is 1. The lowest BCUT2D eigenvalue weighted by atomic mass is 10.2. The molecule has 0 saturated carbocycles. The van der Waals surface area contributed by atoms with Crippen molar-refractivity contribution >= 4 is 39.6 Å². The van der Waals surface area contributed by atoms with E-state index in [0.29, 0.717) is 41.6 Å². The van der Waals surface area contributed by atoms with Crippen molar-refractivity contribution in [3.63, 3.8) is 0 Å². The zero-order chi connectivity index (χ0) is 21.2. The van der Waals surface area contributed by atoms with Crippen LogP contribution >= 0.6 is 0 Å². The summed E-state index contributed by atoms with van der Waals surface area (Å²) in [6.07, 6.45) is 2.92.